The number of nitrogens with one attached hydrogen (secondary N) is 2. The Morgan fingerprint density at radius 3 is 2.48 bits per heavy atom. The first-order valence-corrected chi connectivity index (χ1v) is 7.89. The van der Waals surface area contributed by atoms with Crippen LogP contribution in [0.25, 0.3) is 0 Å². The maximum atomic E-state index is 12.0. The number of fused-ring (bicyclic) bond motifs is 2. The molecule has 21 heavy (non-hydrogen) atoms. The zero-order valence-electron chi connectivity index (χ0n) is 12.4. The Hall–Kier alpha value is -1.06. The Labute approximate surface area is 133 Å². The summed E-state index contributed by atoms with van der Waals surface area (Å²) in [5.74, 6) is 0.229. The molecule has 2 aliphatic heterocycles. The molecule has 1 aromatic carbocycles. The highest BCUT2D eigenvalue weighted by atomic mass is 35.5. The minimum absolute atomic E-state index is 0. The van der Waals surface area contributed by atoms with Crippen LogP contribution in [0, 0.1) is 0 Å². The van der Waals surface area contributed by atoms with Gasteiger partial charge in [0, 0.05) is 24.5 Å². The lowest BCUT2D eigenvalue weighted by molar-refractivity contribution is -0.122. The van der Waals surface area contributed by atoms with Gasteiger partial charge in [0.15, 0.2) is 0 Å². The molecule has 3 rings (SSSR count). The largest absolute Gasteiger partial charge is 0.353 e. The van der Waals surface area contributed by atoms with E-state index in [9.17, 15) is 4.79 Å². The molecule has 2 fully saturated rings. The molecular formula is C17H25ClN2O. The monoisotopic (exact) mass is 308 g/mol. The maximum Gasteiger partial charge on any atom is 0.220 e. The van der Waals surface area contributed by atoms with Crippen molar-refractivity contribution in [3.8, 4) is 0 Å². The standard InChI is InChI=1S/C17H24N2O.ClH/c20-17(8-4-7-13-5-2-1-3-6-13)19-16-11-14-9-10-15(12-16)18-14;/h1-3,5-6,14-16,18H,4,7-12H2,(H,19,20);1H. The Balaban J connectivity index is 0.00000161. The Morgan fingerprint density at radius 2 is 1.81 bits per heavy atom. The molecule has 116 valence electrons. The summed E-state index contributed by atoms with van der Waals surface area (Å²) < 4.78 is 0. The van der Waals surface area contributed by atoms with Crippen LogP contribution >= 0.6 is 12.4 Å². The molecule has 0 radical (unpaired) electrons. The first-order valence-electron chi connectivity index (χ1n) is 7.89. The van der Waals surface area contributed by atoms with Crippen LogP contribution in [0.1, 0.15) is 44.1 Å². The van der Waals surface area contributed by atoms with E-state index in [1.807, 2.05) is 6.07 Å². The summed E-state index contributed by atoms with van der Waals surface area (Å²) in [5, 5.41) is 6.83. The van der Waals surface area contributed by atoms with Gasteiger partial charge in [0.25, 0.3) is 0 Å². The lowest BCUT2D eigenvalue weighted by Crippen LogP contribution is -2.48. The van der Waals surface area contributed by atoms with E-state index in [4.69, 9.17) is 0 Å². The van der Waals surface area contributed by atoms with Gasteiger partial charge in [-0.3, -0.25) is 4.79 Å². The molecule has 2 N–H and O–H groups in total. The summed E-state index contributed by atoms with van der Waals surface area (Å²) in [6.45, 7) is 0. The van der Waals surface area contributed by atoms with E-state index in [2.05, 4.69) is 34.9 Å². The van der Waals surface area contributed by atoms with Gasteiger partial charge in [-0.1, -0.05) is 30.3 Å². The van der Waals surface area contributed by atoms with Crippen molar-refractivity contribution in [2.45, 2.75) is 63.1 Å². The van der Waals surface area contributed by atoms with Crippen molar-refractivity contribution in [3.05, 3.63) is 35.9 Å². The van der Waals surface area contributed by atoms with Crippen molar-refractivity contribution < 1.29 is 4.79 Å². The summed E-state index contributed by atoms with van der Waals surface area (Å²) in [7, 11) is 0. The predicted octanol–water partition coefficient (Wildman–Crippen LogP) is 2.83. The van der Waals surface area contributed by atoms with Crippen molar-refractivity contribution >= 4 is 18.3 Å². The average molecular weight is 309 g/mol. The fourth-order valence-corrected chi connectivity index (χ4v) is 3.57. The number of amides is 1. The van der Waals surface area contributed by atoms with E-state index in [1.54, 1.807) is 0 Å². The van der Waals surface area contributed by atoms with Crippen molar-refractivity contribution in [2.75, 3.05) is 0 Å². The van der Waals surface area contributed by atoms with Gasteiger partial charge in [-0.15, -0.1) is 12.4 Å². The van der Waals surface area contributed by atoms with Gasteiger partial charge in [-0.2, -0.15) is 0 Å². The van der Waals surface area contributed by atoms with Gasteiger partial charge in [-0.25, -0.2) is 0 Å². The molecule has 4 heteroatoms. The lowest BCUT2D eigenvalue weighted by atomic mass is 9.99. The van der Waals surface area contributed by atoms with Gasteiger partial charge >= 0.3 is 0 Å². The summed E-state index contributed by atoms with van der Waals surface area (Å²) in [6, 6.07) is 12.1. The van der Waals surface area contributed by atoms with Crippen LogP contribution in [0.5, 0.6) is 0 Å². The number of benzene rings is 1. The normalized spacial score (nSPS) is 27.0. The summed E-state index contributed by atoms with van der Waals surface area (Å²) in [4.78, 5) is 12.0. The molecule has 3 nitrogen and oxygen atoms in total. The summed E-state index contributed by atoms with van der Waals surface area (Å²) in [5.41, 5.74) is 1.32. The van der Waals surface area contributed by atoms with Crippen LogP contribution in [0.3, 0.4) is 0 Å². The topological polar surface area (TPSA) is 41.1 Å². The van der Waals surface area contributed by atoms with Crippen LogP contribution in [0.2, 0.25) is 0 Å². The van der Waals surface area contributed by atoms with E-state index in [0.717, 1.165) is 25.7 Å². The second-order valence-corrected chi connectivity index (χ2v) is 6.21. The fourth-order valence-electron chi connectivity index (χ4n) is 3.57. The number of carbonyl (C=O) groups excluding carboxylic acids is 1. The quantitative estimate of drug-likeness (QED) is 0.878. The second kappa shape index (κ2) is 7.81. The summed E-state index contributed by atoms with van der Waals surface area (Å²) in [6.07, 6.45) is 7.37. The average Bonchev–Trinajstić information content (AvgIpc) is 2.79. The van der Waals surface area contributed by atoms with Crippen LogP contribution in [0.4, 0.5) is 0 Å². The Morgan fingerprint density at radius 1 is 1.14 bits per heavy atom. The highest BCUT2D eigenvalue weighted by Gasteiger charge is 2.33. The van der Waals surface area contributed by atoms with Crippen molar-refractivity contribution in [2.24, 2.45) is 0 Å². The number of hydrogen-bond donors (Lipinski definition) is 2. The summed E-state index contributed by atoms with van der Waals surface area (Å²) >= 11 is 0. The van der Waals surface area contributed by atoms with Crippen molar-refractivity contribution in [1.29, 1.82) is 0 Å². The van der Waals surface area contributed by atoms with Crippen LogP contribution in [0.15, 0.2) is 30.3 Å². The number of carbonyl (C=O) groups is 1. The van der Waals surface area contributed by atoms with Gasteiger partial charge in [0.1, 0.15) is 0 Å². The molecule has 1 amide bonds. The van der Waals surface area contributed by atoms with E-state index in [0.29, 0.717) is 24.5 Å². The Kier molecular flexibility index (Phi) is 6.07. The molecule has 0 spiro atoms. The molecule has 0 aromatic heterocycles. The zero-order chi connectivity index (χ0) is 13.8. The molecule has 0 aliphatic carbocycles. The highest BCUT2D eigenvalue weighted by molar-refractivity contribution is 5.85. The third-order valence-electron chi connectivity index (χ3n) is 4.55. The molecule has 2 bridgehead atoms. The highest BCUT2D eigenvalue weighted by Crippen LogP contribution is 2.26. The molecule has 2 saturated heterocycles. The molecule has 2 unspecified atom stereocenters. The van der Waals surface area contributed by atoms with Gasteiger partial charge < -0.3 is 10.6 Å². The first-order chi connectivity index (χ1) is 9.79. The Bertz CT molecular complexity index is 439. The molecule has 2 atom stereocenters. The van der Waals surface area contributed by atoms with E-state index >= 15 is 0 Å². The number of piperidine rings is 1. The van der Waals surface area contributed by atoms with E-state index in [1.165, 1.54) is 18.4 Å². The third kappa shape index (κ3) is 4.72. The van der Waals surface area contributed by atoms with Gasteiger partial charge in [0.05, 0.1) is 0 Å². The predicted molar refractivity (Wildman–Crippen MR) is 87.7 cm³/mol. The third-order valence-corrected chi connectivity index (χ3v) is 4.55. The van der Waals surface area contributed by atoms with Crippen LogP contribution < -0.4 is 10.6 Å². The smallest absolute Gasteiger partial charge is 0.220 e. The minimum Gasteiger partial charge on any atom is -0.353 e. The van der Waals surface area contributed by atoms with Gasteiger partial charge in [0.2, 0.25) is 5.91 Å². The number of rotatable bonds is 5. The number of aryl methyl sites for hydroxylation is 1. The number of halogens is 1. The molecule has 0 saturated carbocycles. The second-order valence-electron chi connectivity index (χ2n) is 6.21. The van der Waals surface area contributed by atoms with Crippen LogP contribution in [-0.4, -0.2) is 24.0 Å². The van der Waals surface area contributed by atoms with Crippen molar-refractivity contribution in [3.63, 3.8) is 0 Å². The molecule has 1 aromatic rings. The zero-order valence-corrected chi connectivity index (χ0v) is 13.2. The van der Waals surface area contributed by atoms with E-state index < -0.39 is 0 Å². The number of hydrogen-bond acceptors (Lipinski definition) is 2. The molecule has 2 aliphatic rings. The molecule has 2 heterocycles. The first kappa shape index (κ1) is 16.3. The van der Waals surface area contributed by atoms with Crippen molar-refractivity contribution in [1.82, 2.24) is 10.6 Å². The van der Waals surface area contributed by atoms with E-state index in [-0.39, 0.29) is 18.3 Å². The maximum absolute atomic E-state index is 12.0. The SMILES string of the molecule is Cl.O=C(CCCc1ccccc1)NC1CC2CCC(C1)N2. The minimum atomic E-state index is 0. The van der Waals surface area contributed by atoms with Gasteiger partial charge in [-0.05, 0) is 44.1 Å². The fraction of sp³-hybridized carbons (Fsp3) is 0.588. The lowest BCUT2D eigenvalue weighted by Gasteiger charge is -2.29. The molecular weight excluding hydrogens is 284 g/mol. The van der Waals surface area contributed by atoms with Crippen LogP contribution in [-0.2, 0) is 11.2 Å².